The minimum absolute atomic E-state index is 0.290. The van der Waals surface area contributed by atoms with Gasteiger partial charge in [-0.2, -0.15) is 0 Å². The fourth-order valence-electron chi connectivity index (χ4n) is 2.44. The van der Waals surface area contributed by atoms with Crippen LogP contribution in [0, 0.1) is 17.8 Å². The van der Waals surface area contributed by atoms with E-state index in [1.54, 1.807) is 0 Å². The monoisotopic (exact) mass is 275 g/mol. The Balaban J connectivity index is 1.86. The summed E-state index contributed by atoms with van der Waals surface area (Å²) in [7, 11) is 0. The average Bonchev–Trinajstić information content (AvgIpc) is 2.80. The van der Waals surface area contributed by atoms with Crippen LogP contribution in [0.15, 0.2) is 24.3 Å². The zero-order valence-electron chi connectivity index (χ0n) is 12.0. The maximum Gasteiger partial charge on any atom is 0.0406 e. The lowest BCUT2D eigenvalue weighted by atomic mass is 10.0. The maximum absolute atomic E-state index is 5.85. The van der Waals surface area contributed by atoms with Gasteiger partial charge in [-0.05, 0) is 63.9 Å². The molecule has 2 rings (SSSR count). The van der Waals surface area contributed by atoms with Gasteiger partial charge in [0.1, 0.15) is 0 Å². The van der Waals surface area contributed by atoms with E-state index in [0.29, 0.717) is 5.54 Å². The van der Waals surface area contributed by atoms with Crippen molar-refractivity contribution in [1.82, 2.24) is 4.90 Å². The summed E-state index contributed by atoms with van der Waals surface area (Å²) in [5.74, 6) is 7.26. The molecule has 1 unspecified atom stereocenters. The smallest absolute Gasteiger partial charge is 0.0406 e. The van der Waals surface area contributed by atoms with Crippen molar-refractivity contribution in [2.75, 3.05) is 13.1 Å². The molecule has 0 amide bonds. The first-order chi connectivity index (χ1) is 8.95. The van der Waals surface area contributed by atoms with Gasteiger partial charge in [-0.15, -0.1) is 0 Å². The van der Waals surface area contributed by atoms with Crippen molar-refractivity contribution >= 4 is 11.6 Å². The Kier molecular flexibility index (Phi) is 4.55. The minimum Gasteiger partial charge on any atom is -0.298 e. The highest BCUT2D eigenvalue weighted by molar-refractivity contribution is 6.30. The van der Waals surface area contributed by atoms with Crippen molar-refractivity contribution in [2.45, 2.75) is 39.2 Å². The quantitative estimate of drug-likeness (QED) is 0.694. The number of hydrogen-bond donors (Lipinski definition) is 0. The molecule has 0 spiro atoms. The van der Waals surface area contributed by atoms with Gasteiger partial charge in [0.25, 0.3) is 0 Å². The summed E-state index contributed by atoms with van der Waals surface area (Å²) in [6.07, 6.45) is 2.27. The van der Waals surface area contributed by atoms with Crippen molar-refractivity contribution in [3.63, 3.8) is 0 Å². The fourth-order valence-corrected chi connectivity index (χ4v) is 2.57. The lowest BCUT2D eigenvalue weighted by molar-refractivity contribution is 0.168. The zero-order valence-corrected chi connectivity index (χ0v) is 12.8. The SMILES string of the molecule is CC(C)(C)N1CCC(CC#Cc2ccc(Cl)cc2)C1. The number of rotatable bonds is 1. The van der Waals surface area contributed by atoms with Gasteiger partial charge >= 0.3 is 0 Å². The van der Waals surface area contributed by atoms with Crippen LogP contribution in [0.4, 0.5) is 0 Å². The molecule has 19 heavy (non-hydrogen) atoms. The van der Waals surface area contributed by atoms with Crippen molar-refractivity contribution in [1.29, 1.82) is 0 Å². The molecule has 1 aromatic carbocycles. The van der Waals surface area contributed by atoms with E-state index in [0.717, 1.165) is 22.9 Å². The van der Waals surface area contributed by atoms with E-state index in [4.69, 9.17) is 11.6 Å². The van der Waals surface area contributed by atoms with E-state index in [1.165, 1.54) is 19.5 Å². The first kappa shape index (κ1) is 14.4. The second kappa shape index (κ2) is 5.99. The molecule has 102 valence electrons. The Hall–Kier alpha value is -0.970. The van der Waals surface area contributed by atoms with Gasteiger partial charge in [-0.25, -0.2) is 0 Å². The second-order valence-electron chi connectivity index (χ2n) is 6.28. The zero-order chi connectivity index (χ0) is 13.9. The molecule has 0 bridgehead atoms. The van der Waals surface area contributed by atoms with E-state index in [2.05, 4.69) is 37.5 Å². The van der Waals surface area contributed by atoms with Gasteiger partial charge in [0.2, 0.25) is 0 Å². The van der Waals surface area contributed by atoms with Crippen LogP contribution < -0.4 is 0 Å². The van der Waals surface area contributed by atoms with E-state index < -0.39 is 0 Å². The summed E-state index contributed by atoms with van der Waals surface area (Å²) in [6.45, 7) is 9.24. The molecule has 1 aromatic rings. The Morgan fingerprint density at radius 2 is 1.95 bits per heavy atom. The number of hydrogen-bond acceptors (Lipinski definition) is 1. The normalized spacial score (nSPS) is 20.1. The number of likely N-dealkylation sites (tertiary alicyclic amines) is 1. The van der Waals surface area contributed by atoms with Gasteiger partial charge in [0.15, 0.2) is 0 Å². The van der Waals surface area contributed by atoms with Crippen molar-refractivity contribution in [2.24, 2.45) is 5.92 Å². The summed E-state index contributed by atoms with van der Waals surface area (Å²) in [4.78, 5) is 2.56. The molecule has 1 saturated heterocycles. The molecular weight excluding hydrogens is 254 g/mol. The molecule has 0 N–H and O–H groups in total. The molecule has 1 heterocycles. The fraction of sp³-hybridized carbons (Fsp3) is 0.529. The van der Waals surface area contributed by atoms with Crippen molar-refractivity contribution in [3.8, 4) is 11.8 Å². The van der Waals surface area contributed by atoms with Gasteiger partial charge in [0.05, 0.1) is 0 Å². The predicted molar refractivity (Wildman–Crippen MR) is 82.4 cm³/mol. The topological polar surface area (TPSA) is 3.24 Å². The summed E-state index contributed by atoms with van der Waals surface area (Å²) in [5, 5.41) is 0.766. The second-order valence-corrected chi connectivity index (χ2v) is 6.72. The van der Waals surface area contributed by atoms with Gasteiger partial charge in [0, 0.05) is 29.1 Å². The summed E-state index contributed by atoms with van der Waals surface area (Å²) < 4.78 is 0. The Bertz CT molecular complexity index is 473. The Labute approximate surface area is 122 Å². The molecule has 1 atom stereocenters. The van der Waals surface area contributed by atoms with Crippen LogP contribution in [-0.4, -0.2) is 23.5 Å². The molecule has 1 nitrogen and oxygen atoms in total. The maximum atomic E-state index is 5.85. The molecule has 1 fully saturated rings. The highest BCUT2D eigenvalue weighted by atomic mass is 35.5. The average molecular weight is 276 g/mol. The molecule has 0 saturated carbocycles. The summed E-state index contributed by atoms with van der Waals surface area (Å²) >= 11 is 5.85. The van der Waals surface area contributed by atoms with Crippen LogP contribution in [0.5, 0.6) is 0 Å². The largest absolute Gasteiger partial charge is 0.298 e. The van der Waals surface area contributed by atoms with E-state index in [9.17, 15) is 0 Å². The van der Waals surface area contributed by atoms with Crippen molar-refractivity contribution in [3.05, 3.63) is 34.9 Å². The van der Waals surface area contributed by atoms with Gasteiger partial charge in [-0.3, -0.25) is 4.90 Å². The molecule has 1 aliphatic heterocycles. The lowest BCUT2D eigenvalue weighted by Gasteiger charge is -2.31. The van der Waals surface area contributed by atoms with E-state index in [1.807, 2.05) is 24.3 Å². The van der Waals surface area contributed by atoms with Gasteiger partial charge in [-0.1, -0.05) is 23.4 Å². The first-order valence-electron chi connectivity index (χ1n) is 6.94. The Morgan fingerprint density at radius 3 is 2.53 bits per heavy atom. The molecule has 0 radical (unpaired) electrons. The lowest BCUT2D eigenvalue weighted by Crippen LogP contribution is -2.39. The third-order valence-electron chi connectivity index (χ3n) is 3.70. The molecule has 0 aromatic heterocycles. The highest BCUT2D eigenvalue weighted by Gasteiger charge is 2.29. The summed E-state index contributed by atoms with van der Waals surface area (Å²) in [6, 6.07) is 7.74. The first-order valence-corrected chi connectivity index (χ1v) is 7.32. The van der Waals surface area contributed by atoms with Crippen LogP contribution in [0.1, 0.15) is 39.2 Å². The molecule has 2 heteroatoms. The number of benzene rings is 1. The number of nitrogens with zero attached hydrogens (tertiary/aromatic N) is 1. The van der Waals surface area contributed by atoms with Gasteiger partial charge < -0.3 is 0 Å². The van der Waals surface area contributed by atoms with E-state index in [-0.39, 0.29) is 0 Å². The highest BCUT2D eigenvalue weighted by Crippen LogP contribution is 2.25. The standard InChI is InChI=1S/C17H22ClN/c1-17(2,3)19-12-11-15(13-19)6-4-5-14-7-9-16(18)10-8-14/h7-10,15H,6,11-13H2,1-3H3. The van der Waals surface area contributed by atoms with Crippen LogP contribution >= 0.6 is 11.6 Å². The van der Waals surface area contributed by atoms with Crippen LogP contribution in [-0.2, 0) is 0 Å². The van der Waals surface area contributed by atoms with E-state index >= 15 is 0 Å². The minimum atomic E-state index is 0.290. The van der Waals surface area contributed by atoms with Crippen LogP contribution in [0.25, 0.3) is 0 Å². The third-order valence-corrected chi connectivity index (χ3v) is 3.95. The molecular formula is C17H22ClN. The Morgan fingerprint density at radius 1 is 1.26 bits per heavy atom. The molecule has 1 aliphatic rings. The van der Waals surface area contributed by atoms with Crippen LogP contribution in [0.2, 0.25) is 5.02 Å². The van der Waals surface area contributed by atoms with Crippen LogP contribution in [0.3, 0.4) is 0 Å². The van der Waals surface area contributed by atoms with Crippen molar-refractivity contribution < 1.29 is 0 Å². The predicted octanol–water partition coefficient (Wildman–Crippen LogP) is 4.20. The molecule has 0 aliphatic carbocycles. The number of halogens is 1. The summed E-state index contributed by atoms with van der Waals surface area (Å²) in [5.41, 5.74) is 1.34. The third kappa shape index (κ3) is 4.27.